The molecule has 4 nitrogen and oxygen atoms in total. The van der Waals surface area contributed by atoms with Crippen LogP contribution in [0.2, 0.25) is 5.02 Å². The van der Waals surface area contributed by atoms with E-state index in [1.807, 2.05) is 19.1 Å². The summed E-state index contributed by atoms with van der Waals surface area (Å²) in [5, 5.41) is 10.7. The summed E-state index contributed by atoms with van der Waals surface area (Å²) in [6.45, 7) is 4.30. The second-order valence-electron chi connectivity index (χ2n) is 5.62. The van der Waals surface area contributed by atoms with Crippen LogP contribution in [0.4, 0.5) is 0 Å². The molecule has 1 saturated heterocycles. The topological polar surface area (TPSA) is 41.9 Å². The van der Waals surface area contributed by atoms with Crippen LogP contribution in [-0.2, 0) is 6.42 Å². The van der Waals surface area contributed by atoms with Crippen molar-refractivity contribution in [1.82, 2.24) is 4.90 Å². The van der Waals surface area contributed by atoms with Crippen LogP contribution in [0.3, 0.4) is 0 Å². The van der Waals surface area contributed by atoms with Crippen LogP contribution in [0.15, 0.2) is 12.1 Å². The quantitative estimate of drug-likeness (QED) is 0.907. The first-order valence-corrected chi connectivity index (χ1v) is 7.78. The predicted octanol–water partition coefficient (Wildman–Crippen LogP) is 2.60. The van der Waals surface area contributed by atoms with Gasteiger partial charge in [-0.05, 0) is 44.5 Å². The van der Waals surface area contributed by atoms with Crippen molar-refractivity contribution in [1.29, 1.82) is 0 Å². The van der Waals surface area contributed by atoms with E-state index in [0.29, 0.717) is 23.1 Å². The minimum atomic E-state index is -0.252. The Kier molecular flexibility index (Phi) is 5.73. The van der Waals surface area contributed by atoms with Gasteiger partial charge in [-0.25, -0.2) is 0 Å². The van der Waals surface area contributed by atoms with Crippen molar-refractivity contribution in [3.05, 3.63) is 22.7 Å². The molecule has 0 bridgehead atoms. The summed E-state index contributed by atoms with van der Waals surface area (Å²) in [4.78, 5) is 2.25. The predicted molar refractivity (Wildman–Crippen MR) is 84.5 cm³/mol. The third kappa shape index (κ3) is 4.02. The van der Waals surface area contributed by atoms with Gasteiger partial charge in [0.25, 0.3) is 0 Å². The highest BCUT2D eigenvalue weighted by Crippen LogP contribution is 2.37. The normalized spacial score (nSPS) is 23.1. The zero-order chi connectivity index (χ0) is 15.4. The molecular formula is C16H24ClNO3. The number of piperidine rings is 1. The van der Waals surface area contributed by atoms with Gasteiger partial charge in [0, 0.05) is 19.0 Å². The third-order valence-corrected chi connectivity index (χ3v) is 4.25. The largest absolute Gasteiger partial charge is 0.493 e. The number of likely N-dealkylation sites (tertiary alicyclic amines) is 1. The molecule has 1 aliphatic heterocycles. The number of aliphatic hydroxyl groups excluding tert-OH is 1. The van der Waals surface area contributed by atoms with Crippen LogP contribution in [0.25, 0.3) is 0 Å². The molecule has 1 fully saturated rings. The Labute approximate surface area is 131 Å². The van der Waals surface area contributed by atoms with E-state index >= 15 is 0 Å². The van der Waals surface area contributed by atoms with Crippen LogP contribution in [0.5, 0.6) is 11.5 Å². The molecule has 5 heteroatoms. The SMILES string of the molecule is CCOc1c(Cl)cc(CC2CN(C)CCC2O)cc1OC. The summed E-state index contributed by atoms with van der Waals surface area (Å²) in [5.74, 6) is 1.46. The second kappa shape index (κ2) is 7.34. The standard InChI is InChI=1S/C16H24ClNO3/c1-4-21-16-13(17)8-11(9-15(16)20-3)7-12-10-18(2)6-5-14(12)19/h8-9,12,14,19H,4-7,10H2,1-3H3. The smallest absolute Gasteiger partial charge is 0.179 e. The number of aliphatic hydroxyl groups is 1. The minimum absolute atomic E-state index is 0.225. The molecule has 1 aromatic rings. The number of hydrogen-bond acceptors (Lipinski definition) is 4. The number of ether oxygens (including phenoxy) is 2. The maximum atomic E-state index is 10.2. The van der Waals surface area contributed by atoms with Crippen LogP contribution in [-0.4, -0.2) is 50.0 Å². The van der Waals surface area contributed by atoms with E-state index in [-0.39, 0.29) is 12.0 Å². The van der Waals surface area contributed by atoms with E-state index in [1.165, 1.54) is 0 Å². The Morgan fingerprint density at radius 3 is 2.86 bits per heavy atom. The van der Waals surface area contributed by atoms with E-state index in [9.17, 15) is 5.11 Å². The second-order valence-corrected chi connectivity index (χ2v) is 6.03. The molecule has 0 radical (unpaired) electrons. The summed E-state index contributed by atoms with van der Waals surface area (Å²) in [5.41, 5.74) is 1.07. The van der Waals surface area contributed by atoms with Crippen molar-refractivity contribution in [2.24, 2.45) is 5.92 Å². The minimum Gasteiger partial charge on any atom is -0.493 e. The van der Waals surface area contributed by atoms with Crippen molar-refractivity contribution < 1.29 is 14.6 Å². The van der Waals surface area contributed by atoms with Crippen LogP contribution < -0.4 is 9.47 Å². The monoisotopic (exact) mass is 313 g/mol. The molecule has 2 atom stereocenters. The molecule has 1 aromatic carbocycles. The lowest BCUT2D eigenvalue weighted by Crippen LogP contribution is -2.41. The fraction of sp³-hybridized carbons (Fsp3) is 0.625. The Bertz CT molecular complexity index is 481. The maximum Gasteiger partial charge on any atom is 0.179 e. The highest BCUT2D eigenvalue weighted by atomic mass is 35.5. The van der Waals surface area contributed by atoms with E-state index in [4.69, 9.17) is 21.1 Å². The number of rotatable bonds is 5. The maximum absolute atomic E-state index is 10.2. The lowest BCUT2D eigenvalue weighted by Gasteiger charge is -2.34. The summed E-state index contributed by atoms with van der Waals surface area (Å²) >= 11 is 6.30. The average molecular weight is 314 g/mol. The van der Waals surface area contributed by atoms with Crippen molar-refractivity contribution in [2.75, 3.05) is 33.9 Å². The lowest BCUT2D eigenvalue weighted by atomic mass is 9.89. The molecule has 0 amide bonds. The lowest BCUT2D eigenvalue weighted by molar-refractivity contribution is 0.0366. The number of nitrogens with zero attached hydrogens (tertiary/aromatic N) is 1. The zero-order valence-electron chi connectivity index (χ0n) is 12.9. The van der Waals surface area contributed by atoms with Gasteiger partial charge in [0.05, 0.1) is 24.8 Å². The molecule has 0 aromatic heterocycles. The highest BCUT2D eigenvalue weighted by Gasteiger charge is 2.26. The number of benzene rings is 1. The third-order valence-electron chi connectivity index (χ3n) is 3.97. The Balaban J connectivity index is 2.18. The fourth-order valence-corrected chi connectivity index (χ4v) is 3.17. The molecule has 21 heavy (non-hydrogen) atoms. The van der Waals surface area contributed by atoms with Crippen molar-refractivity contribution in [3.63, 3.8) is 0 Å². The number of hydrogen-bond donors (Lipinski definition) is 1. The molecule has 0 saturated carbocycles. The summed E-state index contributed by atoms with van der Waals surface area (Å²) in [7, 11) is 3.70. The van der Waals surface area contributed by atoms with Crippen molar-refractivity contribution in [2.45, 2.75) is 25.9 Å². The van der Waals surface area contributed by atoms with Gasteiger partial charge in [-0.3, -0.25) is 0 Å². The molecule has 0 spiro atoms. The Morgan fingerprint density at radius 2 is 2.19 bits per heavy atom. The molecular weight excluding hydrogens is 290 g/mol. The van der Waals surface area contributed by atoms with Gasteiger partial charge in [0.2, 0.25) is 0 Å². The Morgan fingerprint density at radius 1 is 1.43 bits per heavy atom. The van der Waals surface area contributed by atoms with Crippen molar-refractivity contribution in [3.8, 4) is 11.5 Å². The van der Waals surface area contributed by atoms with Gasteiger partial charge < -0.3 is 19.5 Å². The van der Waals surface area contributed by atoms with Crippen LogP contribution in [0.1, 0.15) is 18.9 Å². The first-order valence-electron chi connectivity index (χ1n) is 7.41. The molecule has 1 N–H and O–H groups in total. The van der Waals surface area contributed by atoms with Gasteiger partial charge in [0.15, 0.2) is 11.5 Å². The molecule has 2 rings (SSSR count). The van der Waals surface area contributed by atoms with Gasteiger partial charge in [-0.15, -0.1) is 0 Å². The van der Waals surface area contributed by atoms with E-state index < -0.39 is 0 Å². The summed E-state index contributed by atoms with van der Waals surface area (Å²) in [6, 6.07) is 3.87. The van der Waals surface area contributed by atoms with E-state index in [0.717, 1.165) is 31.5 Å². The van der Waals surface area contributed by atoms with Crippen molar-refractivity contribution >= 4 is 11.6 Å². The first kappa shape index (κ1) is 16.4. The molecule has 2 unspecified atom stereocenters. The molecule has 0 aliphatic carbocycles. The molecule has 1 heterocycles. The van der Waals surface area contributed by atoms with Gasteiger partial charge in [-0.1, -0.05) is 11.6 Å². The Hall–Kier alpha value is -0.970. The van der Waals surface area contributed by atoms with Gasteiger partial charge in [-0.2, -0.15) is 0 Å². The summed E-state index contributed by atoms with van der Waals surface area (Å²) < 4.78 is 10.9. The van der Waals surface area contributed by atoms with Crippen LogP contribution in [0, 0.1) is 5.92 Å². The van der Waals surface area contributed by atoms with Gasteiger partial charge in [0.1, 0.15) is 0 Å². The molecule has 1 aliphatic rings. The number of methoxy groups -OCH3 is 1. The van der Waals surface area contributed by atoms with E-state index in [2.05, 4.69) is 11.9 Å². The average Bonchev–Trinajstić information content (AvgIpc) is 2.45. The van der Waals surface area contributed by atoms with Crippen LogP contribution >= 0.6 is 11.6 Å². The van der Waals surface area contributed by atoms with Gasteiger partial charge >= 0.3 is 0 Å². The number of halogens is 1. The highest BCUT2D eigenvalue weighted by molar-refractivity contribution is 6.32. The molecule has 118 valence electrons. The van der Waals surface area contributed by atoms with E-state index in [1.54, 1.807) is 7.11 Å². The zero-order valence-corrected chi connectivity index (χ0v) is 13.7. The summed E-state index contributed by atoms with van der Waals surface area (Å²) in [6.07, 6.45) is 1.36. The first-order chi connectivity index (χ1) is 10.0. The fourth-order valence-electron chi connectivity index (χ4n) is 2.88.